The maximum Gasteiger partial charge on any atom is 0.121 e. The van der Waals surface area contributed by atoms with E-state index in [-0.39, 0.29) is 0 Å². The van der Waals surface area contributed by atoms with Gasteiger partial charge in [-0.2, -0.15) is 0 Å². The van der Waals surface area contributed by atoms with E-state index >= 15 is 0 Å². The molecule has 112 valence electrons. The van der Waals surface area contributed by atoms with Crippen LogP contribution >= 0.6 is 0 Å². The van der Waals surface area contributed by atoms with Crippen molar-refractivity contribution in [1.29, 1.82) is 0 Å². The summed E-state index contributed by atoms with van der Waals surface area (Å²) < 4.78 is 0. The van der Waals surface area contributed by atoms with E-state index in [0.717, 1.165) is 9.52 Å². The molecule has 3 aromatic rings. The normalized spacial score (nSPS) is 15.3. The lowest BCUT2D eigenvalue weighted by Crippen LogP contribution is -2.29. The Labute approximate surface area is 141 Å². The van der Waals surface area contributed by atoms with Gasteiger partial charge >= 0.3 is 0 Å². The summed E-state index contributed by atoms with van der Waals surface area (Å²) in [5, 5.41) is 2.90. The molecule has 2 radical (unpaired) electrons. The maximum absolute atomic E-state index is 2.48. The number of hydrogen-bond donors (Lipinski definition) is 0. The van der Waals surface area contributed by atoms with Crippen molar-refractivity contribution < 1.29 is 0 Å². The summed E-state index contributed by atoms with van der Waals surface area (Å²) in [5.74, 6) is 0.557. The molecule has 0 heterocycles. The quantitative estimate of drug-likeness (QED) is 0.637. The Hall–Kier alpha value is -2.12. The first-order valence-electron chi connectivity index (χ1n) is 8.34. The Kier molecular flexibility index (Phi) is 3.66. The van der Waals surface area contributed by atoms with Crippen LogP contribution in [-0.2, 0) is 0 Å². The van der Waals surface area contributed by atoms with E-state index in [9.17, 15) is 0 Å². The molecule has 1 unspecified atom stereocenters. The highest BCUT2D eigenvalue weighted by atomic mass is 28.2. The minimum Gasteiger partial charge on any atom is -0.0645 e. The molecule has 1 atom stereocenters. The Bertz CT molecular complexity index is 849. The van der Waals surface area contributed by atoms with E-state index in [0.29, 0.717) is 5.92 Å². The predicted octanol–water partition coefficient (Wildman–Crippen LogP) is 4.17. The molecule has 0 spiro atoms. The minimum atomic E-state index is 0.557. The van der Waals surface area contributed by atoms with E-state index in [1.54, 1.807) is 0 Å². The van der Waals surface area contributed by atoms with Crippen LogP contribution in [0.3, 0.4) is 0 Å². The summed E-state index contributed by atoms with van der Waals surface area (Å²) in [7, 11) is 0.737. The first-order valence-corrected chi connectivity index (χ1v) is 9.34. The van der Waals surface area contributed by atoms with Crippen LogP contribution in [0.25, 0.3) is 11.1 Å². The molecule has 0 bridgehead atoms. The maximum atomic E-state index is 2.48. The molecule has 0 aromatic heterocycles. The third kappa shape index (κ3) is 2.45. The summed E-state index contributed by atoms with van der Waals surface area (Å²) in [6.07, 6.45) is 1.17. The molecule has 0 nitrogen and oxygen atoms in total. The van der Waals surface area contributed by atoms with Gasteiger partial charge in [-0.15, -0.1) is 0 Å². The second-order valence-corrected chi connectivity index (χ2v) is 7.66. The average molecular weight is 312 g/mol. The van der Waals surface area contributed by atoms with Gasteiger partial charge < -0.3 is 0 Å². The Morgan fingerprint density at radius 1 is 0.826 bits per heavy atom. The number of hydrogen-bond acceptors (Lipinski definition) is 0. The van der Waals surface area contributed by atoms with Gasteiger partial charge in [0.25, 0.3) is 0 Å². The molecule has 3 aromatic carbocycles. The summed E-state index contributed by atoms with van der Waals surface area (Å²) in [6.45, 7) is 4.56. The lowest BCUT2D eigenvalue weighted by Gasteiger charge is -2.13. The van der Waals surface area contributed by atoms with Crippen molar-refractivity contribution in [2.45, 2.75) is 26.2 Å². The highest BCUT2D eigenvalue weighted by Crippen LogP contribution is 2.45. The van der Waals surface area contributed by atoms with Crippen LogP contribution in [0.1, 0.15) is 36.0 Å². The van der Waals surface area contributed by atoms with Gasteiger partial charge in [-0.3, -0.25) is 0 Å². The average Bonchev–Trinajstić information content (AvgIpc) is 2.89. The minimum absolute atomic E-state index is 0.557. The Morgan fingerprint density at radius 3 is 2.35 bits per heavy atom. The van der Waals surface area contributed by atoms with Crippen LogP contribution in [0, 0.1) is 6.92 Å². The fraction of sp³-hybridized carbons (Fsp3) is 0.182. The monoisotopic (exact) mass is 312 g/mol. The zero-order chi connectivity index (χ0) is 15.8. The molecule has 0 N–H and O–H groups in total. The summed E-state index contributed by atoms with van der Waals surface area (Å²) >= 11 is 0. The van der Waals surface area contributed by atoms with E-state index in [1.807, 2.05) is 0 Å². The highest BCUT2D eigenvalue weighted by Gasteiger charge is 2.27. The van der Waals surface area contributed by atoms with Crippen LogP contribution in [0.5, 0.6) is 0 Å². The third-order valence-electron chi connectivity index (χ3n) is 4.86. The van der Waals surface area contributed by atoms with Gasteiger partial charge in [-0.05, 0) is 35.6 Å². The lowest BCUT2D eigenvalue weighted by molar-refractivity contribution is 0.798. The van der Waals surface area contributed by atoms with E-state index in [1.165, 1.54) is 44.6 Å². The molecule has 1 aliphatic carbocycles. The fourth-order valence-electron chi connectivity index (χ4n) is 3.71. The first-order chi connectivity index (χ1) is 11.3. The fourth-order valence-corrected chi connectivity index (χ4v) is 4.88. The van der Waals surface area contributed by atoms with Crippen molar-refractivity contribution in [2.75, 3.05) is 0 Å². The molecular formula is C22H20Si. The number of aryl methyl sites for hydroxylation is 1. The van der Waals surface area contributed by atoms with Gasteiger partial charge in [-0.25, -0.2) is 0 Å². The van der Waals surface area contributed by atoms with Crippen LogP contribution in [-0.4, -0.2) is 9.52 Å². The van der Waals surface area contributed by atoms with E-state index in [4.69, 9.17) is 0 Å². The zero-order valence-corrected chi connectivity index (χ0v) is 14.6. The SMILES string of the molecule is CCC1c2ccccc2-c2cc(C)c([Si]c3ccccc3)cc21. The molecule has 1 heteroatoms. The number of benzene rings is 3. The molecule has 4 rings (SSSR count). The molecule has 0 saturated carbocycles. The first kappa shape index (κ1) is 14.5. The summed E-state index contributed by atoms with van der Waals surface area (Å²) in [5.41, 5.74) is 7.33. The van der Waals surface area contributed by atoms with Crippen molar-refractivity contribution >= 4 is 19.9 Å². The molecule has 0 saturated heterocycles. The smallest absolute Gasteiger partial charge is 0.0645 e. The van der Waals surface area contributed by atoms with Gasteiger partial charge in [0.1, 0.15) is 9.52 Å². The second-order valence-electron chi connectivity index (χ2n) is 6.29. The topological polar surface area (TPSA) is 0 Å². The van der Waals surface area contributed by atoms with Crippen molar-refractivity contribution in [3.63, 3.8) is 0 Å². The Morgan fingerprint density at radius 2 is 1.57 bits per heavy atom. The van der Waals surface area contributed by atoms with Gasteiger partial charge in [0.2, 0.25) is 0 Å². The van der Waals surface area contributed by atoms with E-state index < -0.39 is 0 Å². The molecule has 1 aliphatic rings. The highest BCUT2D eigenvalue weighted by molar-refractivity contribution is 6.67. The van der Waals surface area contributed by atoms with Crippen LogP contribution in [0.15, 0.2) is 66.7 Å². The van der Waals surface area contributed by atoms with Gasteiger partial charge in [0, 0.05) is 5.92 Å². The predicted molar refractivity (Wildman–Crippen MR) is 100 cm³/mol. The van der Waals surface area contributed by atoms with Crippen LogP contribution < -0.4 is 10.4 Å². The van der Waals surface area contributed by atoms with Gasteiger partial charge in [0.15, 0.2) is 0 Å². The van der Waals surface area contributed by atoms with Crippen molar-refractivity contribution in [3.05, 3.63) is 83.4 Å². The zero-order valence-electron chi connectivity index (χ0n) is 13.6. The van der Waals surface area contributed by atoms with Crippen molar-refractivity contribution in [2.24, 2.45) is 0 Å². The summed E-state index contributed by atoms with van der Waals surface area (Å²) in [4.78, 5) is 0. The van der Waals surface area contributed by atoms with Crippen LogP contribution in [0.2, 0.25) is 0 Å². The van der Waals surface area contributed by atoms with Crippen molar-refractivity contribution in [3.8, 4) is 11.1 Å². The second kappa shape index (κ2) is 5.82. The molecule has 0 amide bonds. The largest absolute Gasteiger partial charge is 0.121 e. The van der Waals surface area contributed by atoms with Crippen molar-refractivity contribution in [1.82, 2.24) is 0 Å². The number of rotatable bonds is 3. The standard InChI is InChI=1S/C22H20Si/c1-3-17-18-11-7-8-12-19(18)20-13-15(2)22(14-21(17)20)23-16-9-5-4-6-10-16/h4-14,17H,3H2,1-2H3. The Balaban J connectivity index is 1.81. The molecule has 0 aliphatic heterocycles. The molecule has 23 heavy (non-hydrogen) atoms. The molecular weight excluding hydrogens is 292 g/mol. The van der Waals surface area contributed by atoms with Gasteiger partial charge in [-0.1, -0.05) is 89.6 Å². The van der Waals surface area contributed by atoms with Crippen LogP contribution in [0.4, 0.5) is 0 Å². The van der Waals surface area contributed by atoms with Gasteiger partial charge in [0.05, 0.1) is 0 Å². The molecule has 0 fully saturated rings. The number of fused-ring (bicyclic) bond motifs is 3. The third-order valence-corrected chi connectivity index (χ3v) is 6.29. The van der Waals surface area contributed by atoms with E-state index in [2.05, 4.69) is 80.6 Å². The summed E-state index contributed by atoms with van der Waals surface area (Å²) in [6, 6.07) is 24.6. The lowest BCUT2D eigenvalue weighted by atomic mass is 9.94.